The van der Waals surface area contributed by atoms with E-state index in [9.17, 15) is 4.79 Å². The molecule has 2 fully saturated rings. The van der Waals surface area contributed by atoms with Crippen LogP contribution in [0.15, 0.2) is 23.1 Å². The molecule has 0 aliphatic carbocycles. The molecule has 104 valence electrons. The third kappa shape index (κ3) is 1.78. The van der Waals surface area contributed by atoms with Gasteiger partial charge >= 0.3 is 5.69 Å². The summed E-state index contributed by atoms with van der Waals surface area (Å²) in [5.41, 5.74) is 0.0881. The minimum Gasteiger partial charge on any atom is -0.369 e. The fourth-order valence-electron chi connectivity index (χ4n) is 2.86. The van der Waals surface area contributed by atoms with Gasteiger partial charge in [-0.15, -0.1) is 0 Å². The van der Waals surface area contributed by atoms with Gasteiger partial charge in [0.1, 0.15) is 17.1 Å². The average Bonchev–Trinajstić information content (AvgIpc) is 2.45. The molecule has 2 aliphatic heterocycles. The van der Waals surface area contributed by atoms with E-state index in [4.69, 9.17) is 4.74 Å². The number of rotatable bonds is 1. The molecule has 4 heterocycles. The minimum absolute atomic E-state index is 0.128. The lowest BCUT2D eigenvalue weighted by molar-refractivity contribution is -0.0882. The van der Waals surface area contributed by atoms with Crippen molar-refractivity contribution in [2.24, 2.45) is 0 Å². The standard InChI is InChI=1S/C13H15N5O2/c19-12-16-10-9(2-1-3-15-10)11(17-12)18-4-5-20-13(8-18)6-14-7-13/h1-3,14H,4-8H2,(H,15,16,17,19). The predicted octanol–water partition coefficient (Wildman–Crippen LogP) is -0.503. The van der Waals surface area contributed by atoms with E-state index < -0.39 is 0 Å². The molecule has 1 spiro atoms. The summed E-state index contributed by atoms with van der Waals surface area (Å²) in [7, 11) is 0. The summed E-state index contributed by atoms with van der Waals surface area (Å²) in [5, 5.41) is 4.11. The molecule has 2 saturated heterocycles. The number of morpholine rings is 1. The fraction of sp³-hybridized carbons (Fsp3) is 0.462. The smallest absolute Gasteiger partial charge is 0.348 e. The lowest BCUT2D eigenvalue weighted by Crippen LogP contribution is -2.69. The third-order valence-corrected chi connectivity index (χ3v) is 3.92. The Balaban J connectivity index is 1.79. The molecule has 4 rings (SSSR count). The van der Waals surface area contributed by atoms with Crippen LogP contribution in [0.2, 0.25) is 0 Å². The molecule has 7 nitrogen and oxygen atoms in total. The van der Waals surface area contributed by atoms with Gasteiger partial charge in [-0.2, -0.15) is 4.98 Å². The maximum absolute atomic E-state index is 11.7. The van der Waals surface area contributed by atoms with Gasteiger partial charge in [-0.3, -0.25) is 4.98 Å². The Morgan fingerprint density at radius 3 is 3.10 bits per heavy atom. The predicted molar refractivity (Wildman–Crippen MR) is 73.9 cm³/mol. The van der Waals surface area contributed by atoms with E-state index >= 15 is 0 Å². The third-order valence-electron chi connectivity index (χ3n) is 3.92. The van der Waals surface area contributed by atoms with Crippen LogP contribution in [0, 0.1) is 0 Å². The number of aromatic amines is 1. The van der Waals surface area contributed by atoms with Crippen LogP contribution in [0.25, 0.3) is 11.0 Å². The summed E-state index contributed by atoms with van der Waals surface area (Å²) >= 11 is 0. The Morgan fingerprint density at radius 1 is 1.40 bits per heavy atom. The van der Waals surface area contributed by atoms with E-state index in [-0.39, 0.29) is 11.3 Å². The molecule has 0 atom stereocenters. The molecule has 2 aromatic rings. The summed E-state index contributed by atoms with van der Waals surface area (Å²) < 4.78 is 5.86. The molecule has 0 radical (unpaired) electrons. The number of anilines is 1. The second kappa shape index (κ2) is 4.26. The van der Waals surface area contributed by atoms with Crippen molar-refractivity contribution >= 4 is 16.9 Å². The van der Waals surface area contributed by atoms with Crippen molar-refractivity contribution in [3.05, 3.63) is 28.8 Å². The lowest BCUT2D eigenvalue weighted by atomic mass is 9.94. The number of nitrogens with zero attached hydrogens (tertiary/aromatic N) is 3. The van der Waals surface area contributed by atoms with Crippen LogP contribution in [0.1, 0.15) is 0 Å². The molecule has 7 heteroatoms. The molecule has 0 aromatic carbocycles. The zero-order valence-electron chi connectivity index (χ0n) is 10.9. The van der Waals surface area contributed by atoms with Crippen molar-refractivity contribution in [3.63, 3.8) is 0 Å². The lowest BCUT2D eigenvalue weighted by Gasteiger charge is -2.49. The monoisotopic (exact) mass is 273 g/mol. The van der Waals surface area contributed by atoms with Gasteiger partial charge in [0.15, 0.2) is 0 Å². The first kappa shape index (κ1) is 11.8. The van der Waals surface area contributed by atoms with Crippen molar-refractivity contribution < 1.29 is 4.74 Å². The second-order valence-electron chi connectivity index (χ2n) is 5.32. The van der Waals surface area contributed by atoms with Gasteiger partial charge in [0.05, 0.1) is 18.5 Å². The molecule has 0 amide bonds. The van der Waals surface area contributed by atoms with Crippen LogP contribution in [0.4, 0.5) is 5.82 Å². The zero-order valence-corrected chi connectivity index (χ0v) is 10.9. The number of ether oxygens (including phenoxy) is 1. The van der Waals surface area contributed by atoms with E-state index in [1.54, 1.807) is 6.20 Å². The Labute approximate surface area is 115 Å². The maximum Gasteiger partial charge on any atom is 0.348 e. The summed E-state index contributed by atoms with van der Waals surface area (Å²) in [6.07, 6.45) is 1.67. The van der Waals surface area contributed by atoms with Crippen LogP contribution in [0.5, 0.6) is 0 Å². The van der Waals surface area contributed by atoms with Gasteiger partial charge in [-0.05, 0) is 12.1 Å². The van der Waals surface area contributed by atoms with Gasteiger partial charge in [-0.1, -0.05) is 0 Å². The number of H-pyrrole nitrogens is 1. The van der Waals surface area contributed by atoms with E-state index in [1.165, 1.54) is 0 Å². The molecule has 0 unspecified atom stereocenters. The van der Waals surface area contributed by atoms with Gasteiger partial charge in [0.2, 0.25) is 0 Å². The first-order chi connectivity index (χ1) is 9.76. The van der Waals surface area contributed by atoms with Gasteiger partial charge in [0, 0.05) is 25.8 Å². The van der Waals surface area contributed by atoms with Crippen molar-refractivity contribution in [2.45, 2.75) is 5.60 Å². The van der Waals surface area contributed by atoms with Crippen LogP contribution in [-0.2, 0) is 4.74 Å². The minimum atomic E-state index is -0.363. The largest absolute Gasteiger partial charge is 0.369 e. The molecular formula is C13H15N5O2. The van der Waals surface area contributed by atoms with E-state index in [1.807, 2.05) is 12.1 Å². The normalized spacial score (nSPS) is 21.1. The topological polar surface area (TPSA) is 83.1 Å². The van der Waals surface area contributed by atoms with Crippen LogP contribution in [0.3, 0.4) is 0 Å². The number of hydrogen-bond acceptors (Lipinski definition) is 6. The molecule has 0 saturated carbocycles. The van der Waals surface area contributed by atoms with Crippen LogP contribution >= 0.6 is 0 Å². The highest BCUT2D eigenvalue weighted by Crippen LogP contribution is 2.28. The summed E-state index contributed by atoms with van der Waals surface area (Å²) in [6, 6.07) is 3.79. The summed E-state index contributed by atoms with van der Waals surface area (Å²) in [4.78, 5) is 24.9. The average molecular weight is 273 g/mol. The molecule has 2 N–H and O–H groups in total. The highest BCUT2D eigenvalue weighted by molar-refractivity contribution is 5.86. The van der Waals surface area contributed by atoms with Crippen LogP contribution in [-0.4, -0.2) is 53.3 Å². The van der Waals surface area contributed by atoms with E-state index in [0.717, 1.165) is 31.6 Å². The highest BCUT2D eigenvalue weighted by Gasteiger charge is 2.42. The zero-order chi connectivity index (χ0) is 13.6. The maximum atomic E-state index is 11.7. The van der Waals surface area contributed by atoms with E-state index in [0.29, 0.717) is 18.1 Å². The number of aromatic nitrogens is 3. The number of pyridine rings is 1. The Kier molecular flexibility index (Phi) is 2.51. The quantitative estimate of drug-likeness (QED) is 0.728. The number of nitrogens with one attached hydrogen (secondary N) is 2. The molecule has 2 aliphatic rings. The second-order valence-corrected chi connectivity index (χ2v) is 5.32. The fourth-order valence-corrected chi connectivity index (χ4v) is 2.86. The van der Waals surface area contributed by atoms with Crippen molar-refractivity contribution in [3.8, 4) is 0 Å². The first-order valence-corrected chi connectivity index (χ1v) is 6.71. The van der Waals surface area contributed by atoms with Crippen molar-refractivity contribution in [1.29, 1.82) is 0 Å². The Hall–Kier alpha value is -1.99. The Bertz CT molecular complexity index is 709. The first-order valence-electron chi connectivity index (χ1n) is 6.71. The summed E-state index contributed by atoms with van der Waals surface area (Å²) in [6.45, 7) is 3.84. The highest BCUT2D eigenvalue weighted by atomic mass is 16.5. The summed E-state index contributed by atoms with van der Waals surface area (Å²) in [5.74, 6) is 0.700. The Morgan fingerprint density at radius 2 is 2.30 bits per heavy atom. The number of hydrogen-bond donors (Lipinski definition) is 2. The van der Waals surface area contributed by atoms with E-state index in [2.05, 4.69) is 25.2 Å². The molecule has 20 heavy (non-hydrogen) atoms. The van der Waals surface area contributed by atoms with Crippen molar-refractivity contribution in [2.75, 3.05) is 37.7 Å². The van der Waals surface area contributed by atoms with Crippen LogP contribution < -0.4 is 15.9 Å². The molecule has 2 aromatic heterocycles. The van der Waals surface area contributed by atoms with Gasteiger partial charge in [-0.25, -0.2) is 9.78 Å². The van der Waals surface area contributed by atoms with Gasteiger partial charge < -0.3 is 15.0 Å². The molecular weight excluding hydrogens is 258 g/mol. The van der Waals surface area contributed by atoms with Crippen molar-refractivity contribution in [1.82, 2.24) is 20.3 Å². The van der Waals surface area contributed by atoms with Gasteiger partial charge in [0.25, 0.3) is 0 Å². The SMILES string of the molecule is O=c1nc(N2CCOC3(CNC3)C2)c2cccnc2[nH]1. The molecule has 0 bridgehead atoms. The number of fused-ring (bicyclic) bond motifs is 1.